The van der Waals surface area contributed by atoms with Crippen LogP contribution in [0.4, 0.5) is 5.69 Å². The summed E-state index contributed by atoms with van der Waals surface area (Å²) in [4.78, 5) is 18.0. The zero-order valence-electron chi connectivity index (χ0n) is 18.0. The Bertz CT molecular complexity index is 923. The molecule has 0 amide bonds. The standard InChI is InChI=1S/C23H30N2O5/c1-12-14-7-9-25-10-8-22-15-6-5-13(28-3)11-16(15)24(2)20(22)23(27,21(26)29-4)19(30-12)17(14)18(22)25/h5-6,11-12,14,17-20,27H,7-10H2,1-4H3/t12-,14-,17?,18-,19+,20?,22+,23+/m0/s1. The number of nitrogens with zero attached hydrogens (tertiary/aromatic N) is 2. The molecular formula is C23H30N2O5. The number of anilines is 1. The van der Waals surface area contributed by atoms with Gasteiger partial charge in [0, 0.05) is 36.2 Å². The van der Waals surface area contributed by atoms with Crippen LogP contribution in [0, 0.1) is 11.8 Å². The van der Waals surface area contributed by atoms with Gasteiger partial charge in [-0.15, -0.1) is 0 Å². The van der Waals surface area contributed by atoms with Crippen LogP contribution in [0.1, 0.15) is 25.3 Å². The smallest absolute Gasteiger partial charge is 0.342 e. The van der Waals surface area contributed by atoms with Crippen molar-refractivity contribution < 1.29 is 24.1 Å². The van der Waals surface area contributed by atoms with Crippen LogP contribution >= 0.6 is 0 Å². The summed E-state index contributed by atoms with van der Waals surface area (Å²) in [6, 6.07) is 5.99. The van der Waals surface area contributed by atoms with E-state index in [2.05, 4.69) is 22.8 Å². The average molecular weight is 415 g/mol. The van der Waals surface area contributed by atoms with Gasteiger partial charge in [-0.2, -0.15) is 0 Å². The Balaban J connectivity index is 1.64. The van der Waals surface area contributed by atoms with Crippen molar-refractivity contribution in [1.29, 1.82) is 0 Å². The molecule has 6 rings (SSSR count). The predicted molar refractivity (Wildman–Crippen MR) is 110 cm³/mol. The molecule has 3 saturated heterocycles. The van der Waals surface area contributed by atoms with Gasteiger partial charge in [0.1, 0.15) is 11.9 Å². The normalized spacial score (nSPS) is 45.7. The van der Waals surface area contributed by atoms with Crippen molar-refractivity contribution in [3.8, 4) is 5.75 Å². The van der Waals surface area contributed by atoms with E-state index in [1.165, 1.54) is 12.7 Å². The summed E-state index contributed by atoms with van der Waals surface area (Å²) in [7, 11) is 5.00. The average Bonchev–Trinajstić information content (AvgIpc) is 3.38. The van der Waals surface area contributed by atoms with Gasteiger partial charge in [-0.25, -0.2) is 4.79 Å². The van der Waals surface area contributed by atoms with Gasteiger partial charge in [0.2, 0.25) is 5.60 Å². The van der Waals surface area contributed by atoms with Crippen LogP contribution in [0.5, 0.6) is 5.75 Å². The lowest BCUT2D eigenvalue weighted by Crippen LogP contribution is -2.77. The maximum atomic E-state index is 13.3. The van der Waals surface area contributed by atoms with Crippen molar-refractivity contribution in [2.75, 3.05) is 39.3 Å². The highest BCUT2D eigenvalue weighted by atomic mass is 16.6. The number of esters is 1. The van der Waals surface area contributed by atoms with Gasteiger partial charge in [-0.05, 0) is 50.4 Å². The topological polar surface area (TPSA) is 71.5 Å². The number of methoxy groups -OCH3 is 2. The van der Waals surface area contributed by atoms with Crippen LogP contribution in [0.2, 0.25) is 0 Å². The summed E-state index contributed by atoms with van der Waals surface area (Å²) in [5, 5.41) is 12.2. The third-order valence-corrected chi connectivity index (χ3v) is 8.98. The van der Waals surface area contributed by atoms with E-state index < -0.39 is 23.7 Å². The Morgan fingerprint density at radius 1 is 1.30 bits per heavy atom. The third-order valence-electron chi connectivity index (χ3n) is 8.98. The molecule has 1 spiro atoms. The molecule has 4 aliphatic heterocycles. The lowest BCUT2D eigenvalue weighted by molar-refractivity contribution is -0.204. The van der Waals surface area contributed by atoms with Crippen molar-refractivity contribution in [3.63, 3.8) is 0 Å². The zero-order valence-corrected chi connectivity index (χ0v) is 18.0. The molecule has 1 aliphatic carbocycles. The molecule has 1 N–H and O–H groups in total. The number of ether oxygens (including phenoxy) is 3. The summed E-state index contributed by atoms with van der Waals surface area (Å²) < 4.78 is 17.1. The molecular weight excluding hydrogens is 384 g/mol. The predicted octanol–water partition coefficient (Wildman–Crippen LogP) is 1.17. The lowest BCUT2D eigenvalue weighted by atomic mass is 9.52. The molecule has 8 atom stereocenters. The van der Waals surface area contributed by atoms with E-state index in [9.17, 15) is 9.90 Å². The number of hydrogen-bond donors (Lipinski definition) is 1. The number of fused-ring (bicyclic) bond motifs is 1. The Kier molecular flexibility index (Phi) is 3.72. The highest BCUT2D eigenvalue weighted by molar-refractivity contribution is 5.86. The molecule has 1 aromatic carbocycles. The Hall–Kier alpha value is -1.83. The second kappa shape index (κ2) is 5.90. The summed E-state index contributed by atoms with van der Waals surface area (Å²) >= 11 is 0. The van der Waals surface area contributed by atoms with Gasteiger partial charge in [-0.1, -0.05) is 6.07 Å². The van der Waals surface area contributed by atoms with Crippen molar-refractivity contribution in [3.05, 3.63) is 23.8 Å². The fourth-order valence-corrected chi connectivity index (χ4v) is 8.06. The Labute approximate surface area is 176 Å². The summed E-state index contributed by atoms with van der Waals surface area (Å²) in [5.41, 5.74) is 0.169. The van der Waals surface area contributed by atoms with E-state index in [4.69, 9.17) is 14.2 Å². The number of likely N-dealkylation sites (N-methyl/N-ethyl adjacent to an activating group) is 1. The molecule has 2 unspecified atom stereocenters. The first-order valence-corrected chi connectivity index (χ1v) is 11.0. The molecule has 7 nitrogen and oxygen atoms in total. The third kappa shape index (κ3) is 1.87. The summed E-state index contributed by atoms with van der Waals surface area (Å²) in [6.07, 6.45) is 1.42. The fraction of sp³-hybridized carbons (Fsp3) is 0.696. The SMILES string of the molecule is COC(=O)[C@]1(O)C2N(C)c3cc(OC)ccc3[C@@]23CCN2CC[C@@H]4C([C@H]23)[C@H]1O[C@H]4C. The highest BCUT2D eigenvalue weighted by Gasteiger charge is 2.79. The van der Waals surface area contributed by atoms with Crippen molar-refractivity contribution in [2.45, 2.75) is 55.1 Å². The minimum Gasteiger partial charge on any atom is -0.497 e. The van der Waals surface area contributed by atoms with Crippen LogP contribution in [-0.2, 0) is 19.7 Å². The van der Waals surface area contributed by atoms with E-state index in [1.54, 1.807) is 7.11 Å². The van der Waals surface area contributed by atoms with Crippen LogP contribution in [0.15, 0.2) is 18.2 Å². The van der Waals surface area contributed by atoms with Crippen LogP contribution in [0.25, 0.3) is 0 Å². The van der Waals surface area contributed by atoms with Crippen LogP contribution in [0.3, 0.4) is 0 Å². The maximum Gasteiger partial charge on any atom is 0.342 e. The van der Waals surface area contributed by atoms with Gasteiger partial charge >= 0.3 is 5.97 Å². The van der Waals surface area contributed by atoms with Crippen LogP contribution < -0.4 is 9.64 Å². The summed E-state index contributed by atoms with van der Waals surface area (Å²) in [6.45, 7) is 4.12. The molecule has 162 valence electrons. The zero-order chi connectivity index (χ0) is 21.0. The minimum absolute atomic E-state index is 0.0236. The first-order chi connectivity index (χ1) is 14.4. The molecule has 7 heteroatoms. The first-order valence-electron chi connectivity index (χ1n) is 11.0. The molecule has 1 saturated carbocycles. The number of carbonyl (C=O) groups is 1. The van der Waals surface area contributed by atoms with E-state index in [0.29, 0.717) is 5.92 Å². The monoisotopic (exact) mass is 414 g/mol. The lowest BCUT2D eigenvalue weighted by Gasteiger charge is -2.58. The highest BCUT2D eigenvalue weighted by Crippen LogP contribution is 2.66. The number of rotatable bonds is 2. The second-order valence-corrected chi connectivity index (χ2v) is 9.78. The number of hydrogen-bond acceptors (Lipinski definition) is 7. The van der Waals surface area contributed by atoms with Gasteiger partial charge in [0.05, 0.1) is 26.4 Å². The molecule has 0 aromatic heterocycles. The Morgan fingerprint density at radius 3 is 2.83 bits per heavy atom. The quantitative estimate of drug-likeness (QED) is 0.729. The largest absolute Gasteiger partial charge is 0.497 e. The van der Waals surface area contributed by atoms with Gasteiger partial charge in [0.25, 0.3) is 0 Å². The molecule has 4 fully saturated rings. The summed E-state index contributed by atoms with van der Waals surface area (Å²) in [5.74, 6) is 0.645. The first kappa shape index (κ1) is 18.9. The van der Waals surface area contributed by atoms with E-state index in [1.807, 2.05) is 19.2 Å². The second-order valence-electron chi connectivity index (χ2n) is 9.78. The Morgan fingerprint density at radius 2 is 2.10 bits per heavy atom. The number of aliphatic hydroxyl groups is 1. The molecule has 30 heavy (non-hydrogen) atoms. The number of carbonyl (C=O) groups excluding carboxylic acids is 1. The van der Waals surface area contributed by atoms with E-state index in [0.717, 1.165) is 37.4 Å². The minimum atomic E-state index is -1.73. The fourth-order valence-electron chi connectivity index (χ4n) is 8.06. The van der Waals surface area contributed by atoms with Gasteiger partial charge < -0.3 is 24.2 Å². The van der Waals surface area contributed by atoms with Gasteiger partial charge in [-0.3, -0.25) is 4.90 Å². The maximum absolute atomic E-state index is 13.3. The van der Waals surface area contributed by atoms with E-state index >= 15 is 0 Å². The van der Waals surface area contributed by atoms with Crippen LogP contribution in [-0.4, -0.2) is 80.2 Å². The molecule has 0 radical (unpaired) electrons. The van der Waals surface area contributed by atoms with E-state index in [-0.39, 0.29) is 23.5 Å². The molecule has 0 bridgehead atoms. The molecule has 4 heterocycles. The molecule has 1 aromatic rings. The number of piperidine rings is 1. The van der Waals surface area contributed by atoms with Crippen molar-refractivity contribution >= 4 is 11.7 Å². The van der Waals surface area contributed by atoms with Gasteiger partial charge in [0.15, 0.2) is 0 Å². The van der Waals surface area contributed by atoms with Crippen molar-refractivity contribution in [1.82, 2.24) is 4.90 Å². The molecule has 5 aliphatic rings. The van der Waals surface area contributed by atoms with Crippen molar-refractivity contribution in [2.24, 2.45) is 11.8 Å². The number of benzene rings is 1.